The number of alkyl halides is 1. The molecule has 3 heteroatoms. The molecule has 2 rings (SSSR count). The number of aryl methyl sites for hydroxylation is 1. The van der Waals surface area contributed by atoms with Crippen molar-refractivity contribution in [1.29, 1.82) is 0 Å². The summed E-state index contributed by atoms with van der Waals surface area (Å²) in [6, 6.07) is 4.26. The van der Waals surface area contributed by atoms with E-state index in [1.54, 1.807) is 6.07 Å². The first-order chi connectivity index (χ1) is 6.15. The second kappa shape index (κ2) is 2.77. The zero-order valence-electron chi connectivity index (χ0n) is 7.19. The van der Waals surface area contributed by atoms with E-state index in [0.29, 0.717) is 18.4 Å². The van der Waals surface area contributed by atoms with Crippen LogP contribution < -0.4 is 5.73 Å². The topological polar surface area (TPSA) is 26.0 Å². The number of fused-ring (bicyclic) bond motifs is 1. The maximum absolute atomic E-state index is 13.9. The highest BCUT2D eigenvalue weighted by Crippen LogP contribution is 2.39. The van der Waals surface area contributed by atoms with Crippen LogP contribution in [0.5, 0.6) is 0 Å². The predicted octanol–water partition coefficient (Wildman–Crippen LogP) is 1.90. The van der Waals surface area contributed by atoms with Crippen LogP contribution >= 0.6 is 0 Å². The molecule has 1 aromatic carbocycles. The quantitative estimate of drug-likeness (QED) is 0.707. The molecule has 0 heterocycles. The number of halogens is 2. The summed E-state index contributed by atoms with van der Waals surface area (Å²) in [7, 11) is 0. The van der Waals surface area contributed by atoms with Crippen molar-refractivity contribution >= 4 is 0 Å². The Morgan fingerprint density at radius 1 is 1.46 bits per heavy atom. The highest BCUT2D eigenvalue weighted by molar-refractivity contribution is 5.38. The molecule has 0 saturated heterocycles. The Morgan fingerprint density at radius 3 is 2.92 bits per heavy atom. The summed E-state index contributed by atoms with van der Waals surface area (Å²) in [5.74, 6) is -0.392. The van der Waals surface area contributed by atoms with Crippen molar-refractivity contribution in [2.75, 3.05) is 6.54 Å². The molecule has 0 amide bonds. The molecule has 0 bridgehead atoms. The van der Waals surface area contributed by atoms with Gasteiger partial charge in [-0.1, -0.05) is 6.07 Å². The number of benzene rings is 1. The van der Waals surface area contributed by atoms with Gasteiger partial charge in [0.1, 0.15) is 11.5 Å². The zero-order chi connectivity index (χ0) is 9.47. The van der Waals surface area contributed by atoms with Crippen LogP contribution in [0.3, 0.4) is 0 Å². The van der Waals surface area contributed by atoms with Gasteiger partial charge in [-0.05, 0) is 36.1 Å². The van der Waals surface area contributed by atoms with E-state index in [2.05, 4.69) is 0 Å². The molecule has 0 radical (unpaired) electrons. The highest BCUT2D eigenvalue weighted by Gasteiger charge is 2.37. The highest BCUT2D eigenvalue weighted by atomic mass is 19.1. The third kappa shape index (κ3) is 1.23. The Labute approximate surface area is 75.6 Å². The van der Waals surface area contributed by atoms with Gasteiger partial charge in [0.2, 0.25) is 0 Å². The molecule has 2 N–H and O–H groups in total. The fraction of sp³-hybridized carbons (Fsp3) is 0.400. The third-order valence-corrected chi connectivity index (χ3v) is 2.67. The van der Waals surface area contributed by atoms with Crippen LogP contribution in [0.1, 0.15) is 17.5 Å². The van der Waals surface area contributed by atoms with Gasteiger partial charge in [-0.15, -0.1) is 0 Å². The van der Waals surface area contributed by atoms with E-state index in [0.717, 1.165) is 5.56 Å². The minimum Gasteiger partial charge on any atom is -0.327 e. The lowest BCUT2D eigenvalue weighted by molar-refractivity contribution is 0.177. The first kappa shape index (κ1) is 8.63. The molecule has 0 spiro atoms. The predicted molar refractivity (Wildman–Crippen MR) is 46.6 cm³/mol. The smallest absolute Gasteiger partial charge is 0.148 e. The molecule has 1 atom stereocenters. The van der Waals surface area contributed by atoms with E-state index in [-0.39, 0.29) is 6.54 Å². The lowest BCUT2D eigenvalue weighted by Gasteiger charge is -2.17. The van der Waals surface area contributed by atoms with Gasteiger partial charge >= 0.3 is 0 Å². The van der Waals surface area contributed by atoms with Gasteiger partial charge in [0.05, 0.1) is 0 Å². The summed E-state index contributed by atoms with van der Waals surface area (Å²) >= 11 is 0. The number of hydrogen-bond donors (Lipinski definition) is 1. The Kier molecular flexibility index (Phi) is 1.84. The molecule has 0 aromatic heterocycles. The largest absolute Gasteiger partial charge is 0.327 e. The fourth-order valence-corrected chi connectivity index (χ4v) is 1.86. The van der Waals surface area contributed by atoms with Crippen LogP contribution in [0.15, 0.2) is 18.2 Å². The van der Waals surface area contributed by atoms with Gasteiger partial charge in [-0.3, -0.25) is 0 Å². The van der Waals surface area contributed by atoms with Crippen molar-refractivity contribution in [3.05, 3.63) is 35.1 Å². The van der Waals surface area contributed by atoms with Gasteiger partial charge in [-0.2, -0.15) is 0 Å². The molecule has 1 unspecified atom stereocenters. The van der Waals surface area contributed by atoms with Gasteiger partial charge in [0.25, 0.3) is 0 Å². The van der Waals surface area contributed by atoms with Crippen LogP contribution in [0.2, 0.25) is 0 Å². The summed E-state index contributed by atoms with van der Waals surface area (Å²) in [5, 5.41) is 0. The van der Waals surface area contributed by atoms with Crippen LogP contribution in [0.25, 0.3) is 0 Å². The van der Waals surface area contributed by atoms with Crippen molar-refractivity contribution in [2.24, 2.45) is 5.73 Å². The third-order valence-electron chi connectivity index (χ3n) is 2.67. The van der Waals surface area contributed by atoms with Crippen LogP contribution in [-0.4, -0.2) is 6.54 Å². The van der Waals surface area contributed by atoms with Crippen LogP contribution in [0.4, 0.5) is 8.78 Å². The summed E-state index contributed by atoms with van der Waals surface area (Å²) < 4.78 is 26.8. The van der Waals surface area contributed by atoms with Crippen molar-refractivity contribution in [2.45, 2.75) is 18.5 Å². The molecule has 70 valence electrons. The Morgan fingerprint density at radius 2 is 2.23 bits per heavy atom. The number of nitrogens with two attached hydrogens (primary N) is 1. The minimum absolute atomic E-state index is 0.0660. The van der Waals surface area contributed by atoms with Gasteiger partial charge < -0.3 is 5.73 Å². The van der Waals surface area contributed by atoms with E-state index in [1.807, 2.05) is 0 Å². The van der Waals surface area contributed by atoms with E-state index in [1.165, 1.54) is 12.1 Å². The average Bonchev–Trinajstić information content (AvgIpc) is 2.45. The molecule has 1 aliphatic rings. The molecule has 0 aliphatic heterocycles. The molecule has 0 fully saturated rings. The van der Waals surface area contributed by atoms with Crippen LogP contribution in [0, 0.1) is 5.82 Å². The summed E-state index contributed by atoms with van der Waals surface area (Å²) in [5.41, 5.74) is 5.16. The Balaban J connectivity index is 2.52. The van der Waals surface area contributed by atoms with Gasteiger partial charge in [0, 0.05) is 6.54 Å². The van der Waals surface area contributed by atoms with Crippen molar-refractivity contribution in [3.63, 3.8) is 0 Å². The number of rotatable bonds is 1. The maximum Gasteiger partial charge on any atom is 0.148 e. The van der Waals surface area contributed by atoms with E-state index < -0.39 is 11.5 Å². The monoisotopic (exact) mass is 183 g/mol. The number of hydrogen-bond acceptors (Lipinski definition) is 1. The normalized spacial score (nSPS) is 26.1. The van der Waals surface area contributed by atoms with Crippen molar-refractivity contribution in [3.8, 4) is 0 Å². The summed E-state index contributed by atoms with van der Waals surface area (Å²) in [4.78, 5) is 0. The molecule has 1 aromatic rings. The summed E-state index contributed by atoms with van der Waals surface area (Å²) in [6.07, 6.45) is 1.03. The Bertz CT molecular complexity index is 338. The first-order valence-electron chi connectivity index (χ1n) is 4.33. The summed E-state index contributed by atoms with van der Waals surface area (Å²) in [6.45, 7) is -0.0660. The van der Waals surface area contributed by atoms with Gasteiger partial charge in [-0.25, -0.2) is 8.78 Å². The van der Waals surface area contributed by atoms with Crippen LogP contribution in [-0.2, 0) is 12.1 Å². The second-order valence-corrected chi connectivity index (χ2v) is 3.47. The zero-order valence-corrected chi connectivity index (χ0v) is 7.19. The van der Waals surface area contributed by atoms with E-state index in [4.69, 9.17) is 5.73 Å². The first-order valence-corrected chi connectivity index (χ1v) is 4.33. The molecular weight excluding hydrogens is 172 g/mol. The average molecular weight is 183 g/mol. The van der Waals surface area contributed by atoms with Crippen molar-refractivity contribution in [1.82, 2.24) is 0 Å². The lowest BCUT2D eigenvalue weighted by Crippen LogP contribution is -2.27. The molecule has 1 aliphatic carbocycles. The SMILES string of the molecule is NCC1(F)CCc2ccc(F)cc21. The lowest BCUT2D eigenvalue weighted by atomic mass is 9.98. The maximum atomic E-state index is 13.9. The standard InChI is InChI=1S/C10H11F2N/c11-8-2-1-7-3-4-10(12,6-13)9(7)5-8/h1-2,5H,3-4,6,13H2. The van der Waals surface area contributed by atoms with Crippen molar-refractivity contribution < 1.29 is 8.78 Å². The van der Waals surface area contributed by atoms with E-state index in [9.17, 15) is 8.78 Å². The molecule has 13 heavy (non-hydrogen) atoms. The van der Waals surface area contributed by atoms with Gasteiger partial charge in [0.15, 0.2) is 0 Å². The molecular formula is C10H11F2N. The molecule has 0 saturated carbocycles. The molecule has 1 nitrogen and oxygen atoms in total. The van der Waals surface area contributed by atoms with E-state index >= 15 is 0 Å². The fourth-order valence-electron chi connectivity index (χ4n) is 1.86. The minimum atomic E-state index is -1.50. The Hall–Kier alpha value is -0.960. The second-order valence-electron chi connectivity index (χ2n) is 3.47.